The Bertz CT molecular complexity index is 2060. The van der Waals surface area contributed by atoms with Gasteiger partial charge in [0.2, 0.25) is 0 Å². The lowest BCUT2D eigenvalue weighted by Gasteiger charge is -2.25. The molecule has 1 atom stereocenters. The van der Waals surface area contributed by atoms with Gasteiger partial charge in [-0.15, -0.1) is 0 Å². The predicted molar refractivity (Wildman–Crippen MR) is 155 cm³/mol. The highest BCUT2D eigenvalue weighted by Gasteiger charge is 2.34. The largest absolute Gasteiger partial charge is 0.463 e. The molecule has 1 aliphatic rings. The number of esters is 1. The summed E-state index contributed by atoms with van der Waals surface area (Å²) in [6, 6.07) is 22.4. The maximum absolute atomic E-state index is 14.0. The Morgan fingerprint density at radius 3 is 2.66 bits per heavy atom. The molecule has 6 rings (SSSR count). The molecule has 2 aromatic heterocycles. The first-order valence-electron chi connectivity index (χ1n) is 12.9. The summed E-state index contributed by atoms with van der Waals surface area (Å²) in [5, 5.41) is 13.4. The van der Waals surface area contributed by atoms with Gasteiger partial charge in [0.25, 0.3) is 11.2 Å². The van der Waals surface area contributed by atoms with Gasteiger partial charge in [-0.3, -0.25) is 19.5 Å². The average molecular weight is 566 g/mol. The van der Waals surface area contributed by atoms with E-state index in [1.54, 1.807) is 50.3 Å². The monoisotopic (exact) mass is 565 g/mol. The Labute approximate surface area is 237 Å². The molecule has 0 radical (unpaired) electrons. The molecule has 0 saturated carbocycles. The van der Waals surface area contributed by atoms with Crippen molar-refractivity contribution in [3.8, 4) is 11.3 Å². The fourth-order valence-corrected chi connectivity index (χ4v) is 6.15. The summed E-state index contributed by atoms with van der Waals surface area (Å²) in [5.74, 6) is 0.137. The lowest BCUT2D eigenvalue weighted by molar-refractivity contribution is -0.384. The molecule has 0 N–H and O–H groups in total. The maximum Gasteiger partial charge on any atom is 0.338 e. The van der Waals surface area contributed by atoms with E-state index in [0.717, 1.165) is 16.3 Å². The SMILES string of the molecule is CCOC(=O)C1=C(C)N=c2s/c(=C/c3ccc(-c4ccccc4[N+](=O)[O-])o3)c(=O)n2[C@@H]1c1cccc2ccccc12. The summed E-state index contributed by atoms with van der Waals surface area (Å²) in [6.45, 7) is 3.66. The molecule has 0 amide bonds. The third-order valence-electron chi connectivity index (χ3n) is 6.90. The van der Waals surface area contributed by atoms with Gasteiger partial charge < -0.3 is 9.15 Å². The van der Waals surface area contributed by atoms with Crippen LogP contribution >= 0.6 is 11.3 Å². The highest BCUT2D eigenvalue weighted by Crippen LogP contribution is 2.35. The summed E-state index contributed by atoms with van der Waals surface area (Å²) >= 11 is 1.18. The number of carbonyl (C=O) groups is 1. The molecule has 0 unspecified atom stereocenters. The van der Waals surface area contributed by atoms with E-state index in [9.17, 15) is 19.7 Å². The Morgan fingerprint density at radius 1 is 1.10 bits per heavy atom. The second-order valence-corrected chi connectivity index (χ2v) is 10.4. The van der Waals surface area contributed by atoms with Crippen molar-refractivity contribution in [2.24, 2.45) is 4.99 Å². The fraction of sp³-hybridized carbons (Fsp3) is 0.129. The number of aromatic nitrogens is 1. The van der Waals surface area contributed by atoms with Crippen LogP contribution in [-0.4, -0.2) is 22.1 Å². The second-order valence-electron chi connectivity index (χ2n) is 9.35. The first-order valence-corrected chi connectivity index (χ1v) is 13.7. The molecule has 9 nitrogen and oxygen atoms in total. The number of hydrogen-bond donors (Lipinski definition) is 0. The van der Waals surface area contributed by atoms with E-state index in [0.29, 0.717) is 37.7 Å². The molecule has 41 heavy (non-hydrogen) atoms. The van der Waals surface area contributed by atoms with Crippen molar-refractivity contribution in [3.63, 3.8) is 0 Å². The minimum Gasteiger partial charge on any atom is -0.463 e. The minimum atomic E-state index is -0.752. The highest BCUT2D eigenvalue weighted by atomic mass is 32.1. The number of allylic oxidation sites excluding steroid dienone is 1. The topological polar surface area (TPSA) is 117 Å². The molecule has 0 fully saturated rings. The van der Waals surface area contributed by atoms with Gasteiger partial charge in [0.1, 0.15) is 11.5 Å². The van der Waals surface area contributed by atoms with E-state index in [2.05, 4.69) is 4.99 Å². The number of hydrogen-bond acceptors (Lipinski definition) is 8. The normalized spacial score (nSPS) is 15.1. The van der Waals surface area contributed by atoms with Crippen LogP contribution in [0.25, 0.3) is 28.2 Å². The molecular formula is C31H23N3O6S. The standard InChI is InChI=1S/C31H23N3O6S/c1-3-39-30(36)27-18(2)32-31-33(28(27)22-13-8-10-19-9-4-5-11-21(19)22)29(35)26(41-31)17-20-15-16-25(40-20)23-12-6-7-14-24(23)34(37)38/h4-17,28H,3H2,1-2H3/b26-17+/t28-/m1/s1. The van der Waals surface area contributed by atoms with Crippen molar-refractivity contribution in [2.75, 3.05) is 6.61 Å². The minimum absolute atomic E-state index is 0.0789. The molecule has 10 heteroatoms. The van der Waals surface area contributed by atoms with Gasteiger partial charge in [-0.05, 0) is 48.4 Å². The van der Waals surface area contributed by atoms with Crippen molar-refractivity contribution in [2.45, 2.75) is 19.9 Å². The van der Waals surface area contributed by atoms with Crippen molar-refractivity contribution < 1.29 is 18.9 Å². The number of thiazole rings is 1. The summed E-state index contributed by atoms with van der Waals surface area (Å²) in [6.07, 6.45) is 1.59. The van der Waals surface area contributed by atoms with Crippen molar-refractivity contribution in [1.29, 1.82) is 0 Å². The zero-order chi connectivity index (χ0) is 28.7. The van der Waals surface area contributed by atoms with E-state index in [1.165, 1.54) is 22.0 Å². The maximum atomic E-state index is 14.0. The summed E-state index contributed by atoms with van der Waals surface area (Å²) in [4.78, 5) is 43.3. The lowest BCUT2D eigenvalue weighted by Crippen LogP contribution is -2.40. The van der Waals surface area contributed by atoms with Crippen LogP contribution in [0, 0.1) is 10.1 Å². The van der Waals surface area contributed by atoms with Gasteiger partial charge in [0, 0.05) is 12.1 Å². The lowest BCUT2D eigenvalue weighted by atomic mass is 9.91. The van der Waals surface area contributed by atoms with Gasteiger partial charge in [-0.1, -0.05) is 65.9 Å². The number of nitro groups is 1. The third-order valence-corrected chi connectivity index (χ3v) is 7.88. The molecule has 0 aliphatic carbocycles. The number of ether oxygens (including phenoxy) is 1. The molecular weight excluding hydrogens is 542 g/mol. The van der Waals surface area contributed by atoms with Crippen LogP contribution in [0.4, 0.5) is 5.69 Å². The summed E-state index contributed by atoms with van der Waals surface area (Å²) in [7, 11) is 0. The first kappa shape index (κ1) is 26.1. The number of para-hydroxylation sites is 1. The van der Waals surface area contributed by atoms with Crippen LogP contribution < -0.4 is 14.9 Å². The summed E-state index contributed by atoms with van der Waals surface area (Å²) in [5.41, 5.74) is 1.48. The van der Waals surface area contributed by atoms with Gasteiger partial charge >= 0.3 is 5.97 Å². The number of benzene rings is 3. The van der Waals surface area contributed by atoms with E-state index < -0.39 is 16.9 Å². The highest BCUT2D eigenvalue weighted by molar-refractivity contribution is 7.07. The van der Waals surface area contributed by atoms with E-state index >= 15 is 0 Å². The van der Waals surface area contributed by atoms with Crippen LogP contribution in [0.3, 0.4) is 0 Å². The quantitative estimate of drug-likeness (QED) is 0.160. The van der Waals surface area contributed by atoms with Crippen molar-refractivity contribution >= 4 is 39.8 Å². The number of rotatable bonds is 6. The van der Waals surface area contributed by atoms with Crippen molar-refractivity contribution in [3.05, 3.63) is 131 Å². The van der Waals surface area contributed by atoms with Crippen molar-refractivity contribution in [1.82, 2.24) is 4.57 Å². The van der Waals surface area contributed by atoms with Crippen LogP contribution in [0.5, 0.6) is 0 Å². The van der Waals surface area contributed by atoms with E-state index in [-0.39, 0.29) is 17.9 Å². The average Bonchev–Trinajstić information content (AvgIpc) is 3.56. The Kier molecular flexibility index (Phi) is 6.68. The molecule has 3 aromatic carbocycles. The number of carbonyl (C=O) groups excluding carboxylic acids is 1. The van der Waals surface area contributed by atoms with Gasteiger partial charge in [0.15, 0.2) is 4.80 Å². The molecule has 0 spiro atoms. The van der Waals surface area contributed by atoms with Gasteiger partial charge in [-0.25, -0.2) is 9.79 Å². The second kappa shape index (κ2) is 10.5. The van der Waals surface area contributed by atoms with Gasteiger partial charge in [-0.2, -0.15) is 0 Å². The Balaban J connectivity index is 1.53. The number of nitrogens with zero attached hydrogens (tertiary/aromatic N) is 3. The number of furan rings is 1. The van der Waals surface area contributed by atoms with Crippen LogP contribution in [-0.2, 0) is 9.53 Å². The predicted octanol–water partition coefficient (Wildman–Crippen LogP) is 5.12. The fourth-order valence-electron chi connectivity index (χ4n) is 5.12. The molecule has 1 aliphatic heterocycles. The Hall–Kier alpha value is -5.09. The van der Waals surface area contributed by atoms with Crippen LogP contribution in [0.15, 0.2) is 104 Å². The Morgan fingerprint density at radius 2 is 1.85 bits per heavy atom. The van der Waals surface area contributed by atoms with Crippen LogP contribution in [0.2, 0.25) is 0 Å². The smallest absolute Gasteiger partial charge is 0.338 e. The van der Waals surface area contributed by atoms with Crippen LogP contribution in [0.1, 0.15) is 31.2 Å². The molecule has 0 bridgehead atoms. The summed E-state index contributed by atoms with van der Waals surface area (Å²) < 4.78 is 13.2. The van der Waals surface area contributed by atoms with E-state index in [4.69, 9.17) is 9.15 Å². The first-order chi connectivity index (χ1) is 19.9. The van der Waals surface area contributed by atoms with E-state index in [1.807, 2.05) is 42.5 Å². The molecule has 0 saturated heterocycles. The zero-order valence-electron chi connectivity index (χ0n) is 22.1. The number of fused-ring (bicyclic) bond motifs is 2. The zero-order valence-corrected chi connectivity index (χ0v) is 22.9. The third kappa shape index (κ3) is 4.57. The molecule has 5 aromatic rings. The van der Waals surface area contributed by atoms with Gasteiger partial charge in [0.05, 0.1) is 38.9 Å². The molecule has 3 heterocycles. The number of nitro benzene ring substituents is 1. The molecule has 204 valence electrons.